The molecule has 1 amide bonds. The zero-order chi connectivity index (χ0) is 20.6. The minimum Gasteiger partial charge on any atom is -0.298 e. The zero-order valence-electron chi connectivity index (χ0n) is 15.8. The number of halogens is 1. The highest BCUT2D eigenvalue weighted by Gasteiger charge is 2.28. The number of sulfonamides is 1. The number of aryl methyl sites for hydroxylation is 1. The molecule has 0 unspecified atom stereocenters. The summed E-state index contributed by atoms with van der Waals surface area (Å²) >= 11 is 7.56. The molecule has 0 aliphatic carbocycles. The fraction of sp³-hybridized carbons (Fsp3) is 0.300. The summed E-state index contributed by atoms with van der Waals surface area (Å²) in [6, 6.07) is 10.2. The monoisotopic (exact) mass is 449 g/mol. The number of nitrogens with one attached hydrogen (secondary N) is 1. The van der Waals surface area contributed by atoms with Crippen molar-refractivity contribution in [3.63, 3.8) is 0 Å². The first kappa shape index (κ1) is 20.3. The van der Waals surface area contributed by atoms with Gasteiger partial charge < -0.3 is 0 Å². The van der Waals surface area contributed by atoms with Crippen LogP contribution >= 0.6 is 22.9 Å². The first-order valence-corrected chi connectivity index (χ1v) is 12.0. The standard InChI is InChI=1S/C20H20ClN3O3S2/c1-13-6-5-7-16-18(13)22-20(28-16)23-19(25)14-8-9-15(21)17(12-14)29(26,27)24-10-3-2-4-11-24/h5-9,12H,2-4,10-11H2,1H3,(H,22,23,25). The molecule has 2 heterocycles. The van der Waals surface area contributed by atoms with Gasteiger partial charge in [0.25, 0.3) is 5.91 Å². The van der Waals surface area contributed by atoms with Crippen LogP contribution in [0.25, 0.3) is 10.2 Å². The molecule has 29 heavy (non-hydrogen) atoms. The average Bonchev–Trinajstić information content (AvgIpc) is 3.12. The van der Waals surface area contributed by atoms with Crippen molar-refractivity contribution in [1.29, 1.82) is 0 Å². The van der Waals surface area contributed by atoms with Gasteiger partial charge in [0.05, 0.1) is 15.2 Å². The van der Waals surface area contributed by atoms with Gasteiger partial charge in [-0.1, -0.05) is 41.5 Å². The highest BCUT2D eigenvalue weighted by molar-refractivity contribution is 7.89. The first-order chi connectivity index (χ1) is 13.9. The largest absolute Gasteiger partial charge is 0.298 e. The van der Waals surface area contributed by atoms with Crippen molar-refractivity contribution in [2.45, 2.75) is 31.1 Å². The minimum absolute atomic E-state index is 0.0335. The lowest BCUT2D eigenvalue weighted by Gasteiger charge is -2.26. The highest BCUT2D eigenvalue weighted by atomic mass is 35.5. The molecule has 0 spiro atoms. The Hall–Kier alpha value is -2.00. The molecule has 1 aliphatic rings. The van der Waals surface area contributed by atoms with Crippen molar-refractivity contribution in [3.05, 3.63) is 52.5 Å². The van der Waals surface area contributed by atoms with Gasteiger partial charge >= 0.3 is 0 Å². The third kappa shape index (κ3) is 4.02. The summed E-state index contributed by atoms with van der Waals surface area (Å²) in [5, 5.41) is 3.35. The van der Waals surface area contributed by atoms with E-state index in [2.05, 4.69) is 10.3 Å². The van der Waals surface area contributed by atoms with E-state index in [0.29, 0.717) is 18.2 Å². The Morgan fingerprint density at radius 1 is 1.17 bits per heavy atom. The van der Waals surface area contributed by atoms with Crippen molar-refractivity contribution in [2.24, 2.45) is 0 Å². The lowest BCUT2D eigenvalue weighted by Crippen LogP contribution is -2.35. The zero-order valence-corrected chi connectivity index (χ0v) is 18.2. The molecule has 0 radical (unpaired) electrons. The first-order valence-electron chi connectivity index (χ1n) is 9.33. The van der Waals surface area contributed by atoms with E-state index < -0.39 is 15.9 Å². The van der Waals surface area contributed by atoms with Crippen molar-refractivity contribution >= 4 is 54.2 Å². The Bertz CT molecular complexity index is 1180. The number of hydrogen-bond acceptors (Lipinski definition) is 5. The molecular weight excluding hydrogens is 430 g/mol. The number of nitrogens with zero attached hydrogens (tertiary/aromatic N) is 2. The van der Waals surface area contributed by atoms with Gasteiger partial charge in [0.2, 0.25) is 10.0 Å². The molecule has 0 saturated carbocycles. The molecule has 0 atom stereocenters. The summed E-state index contributed by atoms with van der Waals surface area (Å²) in [6.07, 6.45) is 2.67. The summed E-state index contributed by atoms with van der Waals surface area (Å²) in [7, 11) is -3.74. The second kappa shape index (κ2) is 8.02. The molecule has 1 aromatic heterocycles. The number of para-hydroxylation sites is 1. The maximum absolute atomic E-state index is 13.0. The van der Waals surface area contributed by atoms with E-state index in [1.807, 2.05) is 25.1 Å². The molecule has 9 heteroatoms. The molecule has 1 aliphatic heterocycles. The molecule has 2 aromatic carbocycles. The number of anilines is 1. The number of carbonyl (C=O) groups is 1. The molecule has 152 valence electrons. The van der Waals surface area contributed by atoms with E-state index in [0.717, 1.165) is 35.0 Å². The average molecular weight is 450 g/mol. The van der Waals surface area contributed by atoms with Gasteiger partial charge in [0.1, 0.15) is 4.90 Å². The van der Waals surface area contributed by atoms with Crippen molar-refractivity contribution in [2.75, 3.05) is 18.4 Å². The van der Waals surface area contributed by atoms with Gasteiger partial charge in [-0.05, 0) is 49.6 Å². The number of carbonyl (C=O) groups excluding carboxylic acids is 1. The molecule has 1 fully saturated rings. The van der Waals surface area contributed by atoms with Crippen LogP contribution in [0.4, 0.5) is 5.13 Å². The molecule has 3 aromatic rings. The normalized spacial score (nSPS) is 15.5. The Labute approximate surface area is 178 Å². The third-order valence-electron chi connectivity index (χ3n) is 4.97. The van der Waals surface area contributed by atoms with Crippen LogP contribution in [0.2, 0.25) is 5.02 Å². The number of hydrogen-bond donors (Lipinski definition) is 1. The van der Waals surface area contributed by atoms with Gasteiger partial charge in [-0.3, -0.25) is 10.1 Å². The van der Waals surface area contributed by atoms with E-state index in [1.165, 1.54) is 33.8 Å². The minimum atomic E-state index is -3.74. The van der Waals surface area contributed by atoms with E-state index in [9.17, 15) is 13.2 Å². The van der Waals surface area contributed by atoms with Crippen LogP contribution < -0.4 is 5.32 Å². The van der Waals surface area contributed by atoms with E-state index in [1.54, 1.807) is 0 Å². The SMILES string of the molecule is Cc1cccc2sc(NC(=O)c3ccc(Cl)c(S(=O)(=O)N4CCCCC4)c3)nc12. The number of thiazole rings is 1. The fourth-order valence-electron chi connectivity index (χ4n) is 3.40. The predicted molar refractivity (Wildman–Crippen MR) is 116 cm³/mol. The second-order valence-electron chi connectivity index (χ2n) is 7.00. The quantitative estimate of drug-likeness (QED) is 0.626. The Kier molecular flexibility index (Phi) is 5.61. The molecular formula is C20H20ClN3O3S2. The number of rotatable bonds is 4. The van der Waals surface area contributed by atoms with Crippen molar-refractivity contribution in [1.82, 2.24) is 9.29 Å². The van der Waals surface area contributed by atoms with Crippen LogP contribution in [-0.2, 0) is 10.0 Å². The van der Waals surface area contributed by atoms with Gasteiger partial charge in [-0.2, -0.15) is 4.31 Å². The Morgan fingerprint density at radius 3 is 2.66 bits per heavy atom. The van der Waals surface area contributed by atoms with E-state index in [4.69, 9.17) is 11.6 Å². The lowest BCUT2D eigenvalue weighted by molar-refractivity contribution is 0.102. The van der Waals surface area contributed by atoms with Gasteiger partial charge in [0.15, 0.2) is 5.13 Å². The van der Waals surface area contributed by atoms with Gasteiger partial charge in [0, 0.05) is 18.7 Å². The van der Waals surface area contributed by atoms with Crippen LogP contribution in [-0.4, -0.2) is 36.7 Å². The number of fused-ring (bicyclic) bond motifs is 1. The maximum atomic E-state index is 13.0. The van der Waals surface area contributed by atoms with Gasteiger partial charge in [-0.15, -0.1) is 0 Å². The smallest absolute Gasteiger partial charge is 0.257 e. The number of piperidine rings is 1. The van der Waals surface area contributed by atoms with Gasteiger partial charge in [-0.25, -0.2) is 13.4 Å². The van der Waals surface area contributed by atoms with Crippen molar-refractivity contribution < 1.29 is 13.2 Å². The highest BCUT2D eigenvalue weighted by Crippen LogP contribution is 2.30. The molecule has 4 rings (SSSR count). The fourth-order valence-corrected chi connectivity index (χ4v) is 6.35. The Balaban J connectivity index is 1.62. The van der Waals surface area contributed by atoms with Crippen LogP contribution in [0.1, 0.15) is 35.2 Å². The topological polar surface area (TPSA) is 79.4 Å². The number of amides is 1. The summed E-state index contributed by atoms with van der Waals surface area (Å²) in [5.74, 6) is -0.423. The van der Waals surface area contributed by atoms with Crippen LogP contribution in [0.15, 0.2) is 41.3 Å². The molecule has 1 saturated heterocycles. The summed E-state index contributed by atoms with van der Waals surface area (Å²) < 4.78 is 28.4. The Morgan fingerprint density at radius 2 is 1.93 bits per heavy atom. The van der Waals surface area contributed by atoms with E-state index >= 15 is 0 Å². The van der Waals surface area contributed by atoms with Crippen molar-refractivity contribution in [3.8, 4) is 0 Å². The number of benzene rings is 2. The van der Waals surface area contributed by atoms with Crippen LogP contribution in [0, 0.1) is 6.92 Å². The molecule has 6 nitrogen and oxygen atoms in total. The van der Waals surface area contributed by atoms with Crippen LogP contribution in [0.5, 0.6) is 0 Å². The summed E-state index contributed by atoms with van der Waals surface area (Å²) in [4.78, 5) is 17.2. The predicted octanol–water partition coefficient (Wildman–Crippen LogP) is 4.69. The number of aromatic nitrogens is 1. The third-order valence-corrected chi connectivity index (χ3v) is 8.28. The second-order valence-corrected chi connectivity index (χ2v) is 10.3. The molecule has 0 bridgehead atoms. The van der Waals surface area contributed by atoms with Crippen LogP contribution in [0.3, 0.4) is 0 Å². The lowest BCUT2D eigenvalue weighted by atomic mass is 10.2. The summed E-state index contributed by atoms with van der Waals surface area (Å²) in [6.45, 7) is 2.91. The van der Waals surface area contributed by atoms with E-state index in [-0.39, 0.29) is 15.5 Å². The molecule has 1 N–H and O–H groups in total. The maximum Gasteiger partial charge on any atom is 0.257 e. The summed E-state index contributed by atoms with van der Waals surface area (Å²) in [5.41, 5.74) is 2.10.